The SMILES string of the molecule is Cc1nn(-c2nc3ccc(Br)cc3s2)c2c1[C@@H](c1ccccc1C(F)(F)F)CC(=O)N2. The highest BCUT2D eigenvalue weighted by molar-refractivity contribution is 9.10. The highest BCUT2D eigenvalue weighted by atomic mass is 79.9. The van der Waals surface area contributed by atoms with Gasteiger partial charge in [0.25, 0.3) is 0 Å². The van der Waals surface area contributed by atoms with E-state index in [4.69, 9.17) is 0 Å². The molecule has 1 N–H and O–H groups in total. The van der Waals surface area contributed by atoms with E-state index in [0.717, 1.165) is 20.8 Å². The maximum Gasteiger partial charge on any atom is 0.416 e. The summed E-state index contributed by atoms with van der Waals surface area (Å²) in [6.45, 7) is 1.74. The van der Waals surface area contributed by atoms with Crippen molar-refractivity contribution in [3.05, 3.63) is 69.3 Å². The van der Waals surface area contributed by atoms with Crippen LogP contribution in [0.15, 0.2) is 46.9 Å². The minimum absolute atomic E-state index is 0.0713. The van der Waals surface area contributed by atoms with Gasteiger partial charge in [0.1, 0.15) is 5.82 Å². The summed E-state index contributed by atoms with van der Waals surface area (Å²) in [6, 6.07) is 11.1. The number of fused-ring (bicyclic) bond motifs is 2. The predicted molar refractivity (Wildman–Crippen MR) is 116 cm³/mol. The lowest BCUT2D eigenvalue weighted by Crippen LogP contribution is -2.26. The number of rotatable bonds is 2. The second kappa shape index (κ2) is 7.16. The van der Waals surface area contributed by atoms with Gasteiger partial charge in [-0.3, -0.25) is 4.79 Å². The highest BCUT2D eigenvalue weighted by Crippen LogP contribution is 2.45. The van der Waals surface area contributed by atoms with Crippen LogP contribution in [0.3, 0.4) is 0 Å². The quantitative estimate of drug-likeness (QED) is 0.360. The van der Waals surface area contributed by atoms with Crippen molar-refractivity contribution < 1.29 is 18.0 Å². The summed E-state index contributed by atoms with van der Waals surface area (Å²) in [7, 11) is 0. The number of thiazole rings is 1. The number of alkyl halides is 3. The van der Waals surface area contributed by atoms with Gasteiger partial charge in [0.05, 0.1) is 21.5 Å². The number of amides is 1. The van der Waals surface area contributed by atoms with Crippen molar-refractivity contribution in [2.45, 2.75) is 25.4 Å². The highest BCUT2D eigenvalue weighted by Gasteiger charge is 2.39. The maximum absolute atomic E-state index is 13.7. The van der Waals surface area contributed by atoms with Gasteiger partial charge < -0.3 is 5.32 Å². The van der Waals surface area contributed by atoms with Crippen molar-refractivity contribution in [1.82, 2.24) is 14.8 Å². The van der Waals surface area contributed by atoms with Crippen LogP contribution >= 0.6 is 27.3 Å². The molecule has 1 amide bonds. The molecule has 2 aromatic carbocycles. The third kappa shape index (κ3) is 3.43. The lowest BCUT2D eigenvalue weighted by Gasteiger charge is -2.26. The molecule has 1 atom stereocenters. The van der Waals surface area contributed by atoms with Crippen molar-refractivity contribution >= 4 is 49.2 Å². The predicted octanol–water partition coefficient (Wildman–Crippen LogP) is 6.05. The largest absolute Gasteiger partial charge is 0.416 e. The topological polar surface area (TPSA) is 59.8 Å². The first-order chi connectivity index (χ1) is 14.7. The van der Waals surface area contributed by atoms with E-state index >= 15 is 0 Å². The summed E-state index contributed by atoms with van der Waals surface area (Å²) >= 11 is 4.82. The molecule has 0 saturated carbocycles. The Morgan fingerprint density at radius 3 is 2.77 bits per heavy atom. The van der Waals surface area contributed by atoms with Crippen LogP contribution in [-0.4, -0.2) is 20.7 Å². The molecular weight excluding hydrogens is 493 g/mol. The van der Waals surface area contributed by atoms with Gasteiger partial charge >= 0.3 is 6.18 Å². The van der Waals surface area contributed by atoms with Crippen LogP contribution in [0.1, 0.15) is 34.7 Å². The Kier molecular flexibility index (Phi) is 4.67. The molecule has 0 saturated heterocycles. The Hall–Kier alpha value is -2.72. The third-order valence-electron chi connectivity index (χ3n) is 5.26. The van der Waals surface area contributed by atoms with Crippen molar-refractivity contribution in [1.29, 1.82) is 0 Å². The molecule has 4 aromatic rings. The van der Waals surface area contributed by atoms with E-state index in [9.17, 15) is 18.0 Å². The van der Waals surface area contributed by atoms with Gasteiger partial charge in [-0.1, -0.05) is 45.5 Å². The standard InChI is InChI=1S/C21H14BrF3N4OS/c1-10-18-13(12-4-2-3-5-14(12)21(23,24)25)9-17(30)27-19(18)29(28-10)20-26-15-7-6-11(22)8-16(15)31-20/h2-8,13H,9H2,1H3,(H,27,30)/t13-/m1/s1. The van der Waals surface area contributed by atoms with Gasteiger partial charge in [-0.15, -0.1) is 0 Å². The van der Waals surface area contributed by atoms with Crippen LogP contribution in [0.25, 0.3) is 15.3 Å². The van der Waals surface area contributed by atoms with Gasteiger partial charge in [-0.2, -0.15) is 23.0 Å². The normalized spacial score (nSPS) is 16.4. The molecule has 0 unspecified atom stereocenters. The first-order valence-corrected chi connectivity index (χ1v) is 11.0. The molecule has 1 aliphatic rings. The summed E-state index contributed by atoms with van der Waals surface area (Å²) in [5.41, 5.74) is 1.24. The molecule has 5 nitrogen and oxygen atoms in total. The summed E-state index contributed by atoms with van der Waals surface area (Å²) < 4.78 is 44.3. The number of anilines is 1. The molecule has 1 aliphatic heterocycles. The molecule has 2 aromatic heterocycles. The van der Waals surface area contributed by atoms with E-state index in [-0.39, 0.29) is 17.9 Å². The smallest absolute Gasteiger partial charge is 0.310 e. The fraction of sp³-hybridized carbons (Fsp3) is 0.190. The average Bonchev–Trinajstić information content (AvgIpc) is 3.27. The Morgan fingerprint density at radius 1 is 1.23 bits per heavy atom. The number of aromatic nitrogens is 3. The van der Waals surface area contributed by atoms with E-state index in [1.165, 1.54) is 28.2 Å². The summed E-state index contributed by atoms with van der Waals surface area (Å²) in [5.74, 6) is -0.743. The Balaban J connectivity index is 1.69. The number of nitrogens with zero attached hydrogens (tertiary/aromatic N) is 3. The zero-order valence-electron chi connectivity index (χ0n) is 16.0. The van der Waals surface area contributed by atoms with E-state index < -0.39 is 17.7 Å². The summed E-state index contributed by atoms with van der Waals surface area (Å²) in [4.78, 5) is 17.1. The van der Waals surface area contributed by atoms with E-state index in [2.05, 4.69) is 31.3 Å². The third-order valence-corrected chi connectivity index (χ3v) is 6.75. The van der Waals surface area contributed by atoms with Crippen LogP contribution in [0.4, 0.5) is 19.0 Å². The van der Waals surface area contributed by atoms with Gasteiger partial charge in [-0.05, 0) is 36.8 Å². The molecule has 158 valence electrons. The Bertz CT molecular complexity index is 1340. The van der Waals surface area contributed by atoms with Crippen LogP contribution < -0.4 is 5.32 Å². The maximum atomic E-state index is 13.7. The molecule has 0 spiro atoms. The lowest BCUT2D eigenvalue weighted by molar-refractivity contribution is -0.138. The Morgan fingerprint density at radius 2 is 2.00 bits per heavy atom. The number of nitrogens with one attached hydrogen (secondary N) is 1. The fourth-order valence-corrected chi connectivity index (χ4v) is 5.46. The molecule has 0 fully saturated rings. The van der Waals surface area contributed by atoms with Gasteiger partial charge in [-0.25, -0.2) is 4.98 Å². The van der Waals surface area contributed by atoms with Crippen molar-refractivity contribution in [2.24, 2.45) is 0 Å². The average molecular weight is 507 g/mol. The number of hydrogen-bond donors (Lipinski definition) is 1. The number of aryl methyl sites for hydroxylation is 1. The number of benzene rings is 2. The van der Waals surface area contributed by atoms with Crippen molar-refractivity contribution in [3.63, 3.8) is 0 Å². The summed E-state index contributed by atoms with van der Waals surface area (Å²) in [5, 5.41) is 7.87. The van der Waals surface area contributed by atoms with Crippen LogP contribution in [0.5, 0.6) is 0 Å². The first-order valence-electron chi connectivity index (χ1n) is 9.34. The van der Waals surface area contributed by atoms with Crippen LogP contribution in [0.2, 0.25) is 0 Å². The summed E-state index contributed by atoms with van der Waals surface area (Å²) in [6.07, 6.45) is -4.60. The molecule has 10 heteroatoms. The first kappa shape index (κ1) is 20.2. The number of carbonyl (C=O) groups is 1. The van der Waals surface area contributed by atoms with Crippen LogP contribution in [0, 0.1) is 6.92 Å². The van der Waals surface area contributed by atoms with E-state index in [1.807, 2.05) is 18.2 Å². The molecular formula is C21H14BrF3N4OS. The second-order valence-electron chi connectivity index (χ2n) is 7.26. The molecule has 0 radical (unpaired) electrons. The minimum Gasteiger partial charge on any atom is -0.310 e. The molecule has 31 heavy (non-hydrogen) atoms. The van der Waals surface area contributed by atoms with Gasteiger partial charge in [0.15, 0.2) is 0 Å². The monoisotopic (exact) mass is 506 g/mol. The van der Waals surface area contributed by atoms with Gasteiger partial charge in [0.2, 0.25) is 11.0 Å². The van der Waals surface area contributed by atoms with Crippen LogP contribution in [-0.2, 0) is 11.0 Å². The number of hydrogen-bond acceptors (Lipinski definition) is 4. The molecule has 3 heterocycles. The van der Waals surface area contributed by atoms with E-state index in [0.29, 0.717) is 22.2 Å². The fourth-order valence-electron chi connectivity index (χ4n) is 3.99. The second-order valence-corrected chi connectivity index (χ2v) is 9.18. The van der Waals surface area contributed by atoms with Crippen molar-refractivity contribution in [2.75, 3.05) is 5.32 Å². The zero-order valence-corrected chi connectivity index (χ0v) is 18.4. The zero-order chi connectivity index (χ0) is 21.9. The minimum atomic E-state index is -4.52. The van der Waals surface area contributed by atoms with Gasteiger partial charge in [0, 0.05) is 22.4 Å². The lowest BCUT2D eigenvalue weighted by atomic mass is 9.83. The Labute approximate surface area is 187 Å². The van der Waals surface area contributed by atoms with Crippen molar-refractivity contribution in [3.8, 4) is 5.13 Å². The molecule has 5 rings (SSSR count). The number of halogens is 4. The number of carbonyl (C=O) groups excluding carboxylic acids is 1. The molecule has 0 bridgehead atoms. The van der Waals surface area contributed by atoms with E-state index in [1.54, 1.807) is 13.0 Å². The molecule has 0 aliphatic carbocycles.